The Hall–Kier alpha value is -3.14. The third kappa shape index (κ3) is 2.69. The summed E-state index contributed by atoms with van der Waals surface area (Å²) in [5.41, 5.74) is 5.76. The van der Waals surface area contributed by atoms with Crippen molar-refractivity contribution < 1.29 is 4.39 Å². The van der Waals surface area contributed by atoms with Gasteiger partial charge in [-0.1, -0.05) is 48.5 Å². The summed E-state index contributed by atoms with van der Waals surface area (Å²) < 4.78 is 15.7. The van der Waals surface area contributed by atoms with E-state index in [-0.39, 0.29) is 17.9 Å². The number of nitrogens with one attached hydrogen (secondary N) is 1. The van der Waals surface area contributed by atoms with Gasteiger partial charge in [0, 0.05) is 0 Å². The molecule has 1 N–H and O–H groups in total. The topological polar surface area (TPSA) is 29.9 Å². The van der Waals surface area contributed by atoms with Crippen molar-refractivity contribution in [3.8, 4) is 0 Å². The van der Waals surface area contributed by atoms with Crippen LogP contribution in [0.1, 0.15) is 35.2 Å². The molecule has 3 aromatic carbocycles. The molecule has 0 spiro atoms. The highest BCUT2D eigenvalue weighted by molar-refractivity contribution is 5.79. The molecule has 134 valence electrons. The van der Waals surface area contributed by atoms with Crippen LogP contribution in [0.15, 0.2) is 72.8 Å². The zero-order valence-electron chi connectivity index (χ0n) is 15.1. The van der Waals surface area contributed by atoms with Crippen LogP contribution < -0.4 is 5.32 Å². The van der Waals surface area contributed by atoms with E-state index < -0.39 is 0 Å². The number of aryl methyl sites for hydroxylation is 1. The Morgan fingerprint density at radius 3 is 2.52 bits per heavy atom. The van der Waals surface area contributed by atoms with E-state index in [0.717, 1.165) is 29.0 Å². The van der Waals surface area contributed by atoms with Gasteiger partial charge in [-0.05, 0) is 54.3 Å². The van der Waals surface area contributed by atoms with Crippen molar-refractivity contribution in [1.82, 2.24) is 9.55 Å². The number of aromatic nitrogens is 2. The number of imidazole rings is 1. The second-order valence-electron chi connectivity index (χ2n) is 7.15. The van der Waals surface area contributed by atoms with Crippen molar-refractivity contribution in [3.63, 3.8) is 0 Å². The molecule has 0 saturated heterocycles. The molecule has 0 bridgehead atoms. The maximum Gasteiger partial charge on any atom is 0.204 e. The van der Waals surface area contributed by atoms with E-state index >= 15 is 0 Å². The number of halogens is 1. The third-order valence-electron chi connectivity index (χ3n) is 5.49. The number of hydrogen-bond donors (Lipinski definition) is 1. The minimum absolute atomic E-state index is 0.0829. The van der Waals surface area contributed by atoms with Crippen LogP contribution in [0, 0.1) is 12.7 Å². The van der Waals surface area contributed by atoms with Crippen molar-refractivity contribution in [2.75, 3.05) is 5.32 Å². The summed E-state index contributed by atoms with van der Waals surface area (Å²) in [4.78, 5) is 4.83. The molecule has 4 heteroatoms. The van der Waals surface area contributed by atoms with Crippen LogP contribution in [0.4, 0.5) is 10.3 Å². The lowest BCUT2D eigenvalue weighted by atomic mass is 9.91. The van der Waals surface area contributed by atoms with E-state index in [2.05, 4.69) is 53.2 Å². The molecule has 0 radical (unpaired) electrons. The highest BCUT2D eigenvalue weighted by Crippen LogP contribution is 2.41. The standard InChI is InChI=1S/C23H20FN3/c1-15-6-2-3-7-18(15)22-14-20(16-10-12-17(24)13-11-16)26-23-25-19-8-4-5-9-21(19)27(22)23/h2-13,20,22H,14H2,1H3,(H,25,26). The Kier molecular flexibility index (Phi) is 3.71. The van der Waals surface area contributed by atoms with E-state index in [0.29, 0.717) is 0 Å². The summed E-state index contributed by atoms with van der Waals surface area (Å²) in [7, 11) is 0. The number of hydrogen-bond acceptors (Lipinski definition) is 2. The predicted octanol–water partition coefficient (Wildman–Crippen LogP) is 5.63. The molecule has 0 fully saturated rings. The van der Waals surface area contributed by atoms with Gasteiger partial charge >= 0.3 is 0 Å². The average Bonchev–Trinajstić information content (AvgIpc) is 3.07. The minimum Gasteiger partial charge on any atom is -0.349 e. The van der Waals surface area contributed by atoms with Gasteiger partial charge in [-0.25, -0.2) is 9.37 Å². The molecular formula is C23H20FN3. The zero-order valence-corrected chi connectivity index (χ0v) is 15.1. The van der Waals surface area contributed by atoms with Crippen LogP contribution in [-0.2, 0) is 0 Å². The Morgan fingerprint density at radius 2 is 1.70 bits per heavy atom. The smallest absolute Gasteiger partial charge is 0.204 e. The number of nitrogens with zero attached hydrogens (tertiary/aromatic N) is 2. The normalized spacial score (nSPS) is 18.9. The van der Waals surface area contributed by atoms with Crippen molar-refractivity contribution in [2.24, 2.45) is 0 Å². The number of anilines is 1. The molecule has 3 nitrogen and oxygen atoms in total. The Bertz CT molecular complexity index is 1110. The van der Waals surface area contributed by atoms with Crippen molar-refractivity contribution in [3.05, 3.63) is 95.3 Å². The number of para-hydroxylation sites is 2. The van der Waals surface area contributed by atoms with Gasteiger partial charge in [-0.3, -0.25) is 0 Å². The molecule has 2 heterocycles. The minimum atomic E-state index is -0.211. The van der Waals surface area contributed by atoms with Gasteiger partial charge in [-0.2, -0.15) is 0 Å². The molecule has 0 aliphatic carbocycles. The van der Waals surface area contributed by atoms with Crippen LogP contribution in [0.3, 0.4) is 0 Å². The summed E-state index contributed by atoms with van der Waals surface area (Å²) in [6, 6.07) is 23.8. The molecular weight excluding hydrogens is 337 g/mol. The van der Waals surface area contributed by atoms with Crippen LogP contribution in [0.25, 0.3) is 11.0 Å². The first-order valence-corrected chi connectivity index (χ1v) is 9.25. The van der Waals surface area contributed by atoms with E-state index in [1.807, 2.05) is 24.3 Å². The Balaban J connectivity index is 1.68. The monoisotopic (exact) mass is 357 g/mol. The largest absolute Gasteiger partial charge is 0.349 e. The summed E-state index contributed by atoms with van der Waals surface area (Å²) in [6.45, 7) is 2.16. The van der Waals surface area contributed by atoms with Gasteiger partial charge in [0.05, 0.1) is 23.1 Å². The van der Waals surface area contributed by atoms with E-state index in [1.54, 1.807) is 0 Å². The second kappa shape index (κ2) is 6.23. The van der Waals surface area contributed by atoms with Gasteiger partial charge in [0.1, 0.15) is 5.82 Å². The SMILES string of the molecule is Cc1ccccc1C1CC(c2ccc(F)cc2)Nc2nc3ccccc3n21. The number of benzene rings is 3. The first kappa shape index (κ1) is 16.1. The first-order valence-electron chi connectivity index (χ1n) is 9.25. The second-order valence-corrected chi connectivity index (χ2v) is 7.15. The van der Waals surface area contributed by atoms with Gasteiger partial charge in [-0.15, -0.1) is 0 Å². The fourth-order valence-electron chi connectivity index (χ4n) is 4.15. The molecule has 1 aliphatic rings. The Morgan fingerprint density at radius 1 is 0.963 bits per heavy atom. The van der Waals surface area contributed by atoms with Crippen LogP contribution in [-0.4, -0.2) is 9.55 Å². The molecule has 27 heavy (non-hydrogen) atoms. The molecule has 0 amide bonds. The molecule has 5 rings (SSSR count). The fraction of sp³-hybridized carbons (Fsp3) is 0.174. The van der Waals surface area contributed by atoms with E-state index in [9.17, 15) is 4.39 Å². The fourth-order valence-corrected chi connectivity index (χ4v) is 4.15. The molecule has 1 aliphatic heterocycles. The quantitative estimate of drug-likeness (QED) is 0.504. The maximum absolute atomic E-state index is 13.4. The first-order chi connectivity index (χ1) is 13.2. The molecule has 2 unspecified atom stereocenters. The molecule has 1 aromatic heterocycles. The summed E-state index contributed by atoms with van der Waals surface area (Å²) in [6.07, 6.45) is 0.879. The predicted molar refractivity (Wildman–Crippen MR) is 106 cm³/mol. The zero-order chi connectivity index (χ0) is 18.4. The summed E-state index contributed by atoms with van der Waals surface area (Å²) >= 11 is 0. The lowest BCUT2D eigenvalue weighted by Gasteiger charge is -2.34. The summed E-state index contributed by atoms with van der Waals surface area (Å²) in [5.74, 6) is 0.655. The van der Waals surface area contributed by atoms with E-state index in [4.69, 9.17) is 4.98 Å². The highest BCUT2D eigenvalue weighted by Gasteiger charge is 2.31. The van der Waals surface area contributed by atoms with Crippen LogP contribution in [0.5, 0.6) is 0 Å². The number of rotatable bonds is 2. The lowest BCUT2D eigenvalue weighted by Crippen LogP contribution is -2.27. The van der Waals surface area contributed by atoms with Gasteiger partial charge in [0.15, 0.2) is 0 Å². The maximum atomic E-state index is 13.4. The molecule has 2 atom stereocenters. The van der Waals surface area contributed by atoms with Crippen LogP contribution >= 0.6 is 0 Å². The lowest BCUT2D eigenvalue weighted by molar-refractivity contribution is 0.475. The van der Waals surface area contributed by atoms with Crippen molar-refractivity contribution in [2.45, 2.75) is 25.4 Å². The van der Waals surface area contributed by atoms with Gasteiger partial charge in [0.25, 0.3) is 0 Å². The van der Waals surface area contributed by atoms with Crippen molar-refractivity contribution >= 4 is 17.0 Å². The van der Waals surface area contributed by atoms with Crippen molar-refractivity contribution in [1.29, 1.82) is 0 Å². The van der Waals surface area contributed by atoms with Gasteiger partial charge < -0.3 is 9.88 Å². The van der Waals surface area contributed by atoms with E-state index in [1.165, 1.54) is 23.3 Å². The average molecular weight is 357 g/mol. The van der Waals surface area contributed by atoms with Gasteiger partial charge in [0.2, 0.25) is 5.95 Å². The Labute approximate surface area is 157 Å². The summed E-state index contributed by atoms with van der Waals surface area (Å²) in [5, 5.41) is 3.57. The van der Waals surface area contributed by atoms with Crippen LogP contribution in [0.2, 0.25) is 0 Å². The molecule has 4 aromatic rings. The third-order valence-corrected chi connectivity index (χ3v) is 5.49. The number of fused-ring (bicyclic) bond motifs is 3. The highest BCUT2D eigenvalue weighted by atomic mass is 19.1. The molecule has 0 saturated carbocycles.